The molecular formula is C14H17NO3. The average molecular weight is 247 g/mol. The van der Waals surface area contributed by atoms with Gasteiger partial charge in [-0.1, -0.05) is 0 Å². The predicted molar refractivity (Wildman–Crippen MR) is 69.8 cm³/mol. The lowest BCUT2D eigenvalue weighted by Crippen LogP contribution is -2.22. The van der Waals surface area contributed by atoms with E-state index in [0.717, 1.165) is 25.9 Å². The van der Waals surface area contributed by atoms with Crippen molar-refractivity contribution in [2.24, 2.45) is 0 Å². The van der Waals surface area contributed by atoms with Crippen LogP contribution in [0.4, 0.5) is 0 Å². The summed E-state index contributed by atoms with van der Waals surface area (Å²) < 4.78 is 5.45. The molecule has 0 heterocycles. The van der Waals surface area contributed by atoms with Crippen molar-refractivity contribution < 1.29 is 14.6 Å². The highest BCUT2D eigenvalue weighted by molar-refractivity contribution is 5.87. The summed E-state index contributed by atoms with van der Waals surface area (Å²) in [5, 5.41) is 11.9. The second-order valence-electron chi connectivity index (χ2n) is 3.74. The number of benzene rings is 1. The van der Waals surface area contributed by atoms with Gasteiger partial charge in [-0.15, -0.1) is 12.3 Å². The van der Waals surface area contributed by atoms with Crippen LogP contribution in [0.2, 0.25) is 0 Å². The summed E-state index contributed by atoms with van der Waals surface area (Å²) >= 11 is 0. The van der Waals surface area contributed by atoms with Gasteiger partial charge in [0.25, 0.3) is 0 Å². The molecule has 0 saturated heterocycles. The molecular weight excluding hydrogens is 230 g/mol. The van der Waals surface area contributed by atoms with Gasteiger partial charge in [-0.3, -0.25) is 0 Å². The number of carbonyl (C=O) groups is 1. The summed E-state index contributed by atoms with van der Waals surface area (Å²) in [7, 11) is 0. The van der Waals surface area contributed by atoms with Crippen LogP contribution >= 0.6 is 0 Å². The molecule has 0 radical (unpaired) electrons. The summed E-state index contributed by atoms with van der Waals surface area (Å²) in [6.07, 6.45) is 6.88. The highest BCUT2D eigenvalue weighted by atomic mass is 16.5. The van der Waals surface area contributed by atoms with Crippen molar-refractivity contribution >= 4 is 5.97 Å². The molecule has 1 aromatic rings. The third-order valence-electron chi connectivity index (χ3n) is 2.32. The molecule has 0 spiro atoms. The molecule has 0 unspecified atom stereocenters. The van der Waals surface area contributed by atoms with Crippen LogP contribution in [0.15, 0.2) is 24.3 Å². The number of aromatic carboxylic acids is 1. The lowest BCUT2D eigenvalue weighted by molar-refractivity contribution is 0.0697. The maximum Gasteiger partial charge on any atom is 0.335 e. The van der Waals surface area contributed by atoms with Gasteiger partial charge in [-0.25, -0.2) is 4.79 Å². The van der Waals surface area contributed by atoms with Crippen molar-refractivity contribution in [3.63, 3.8) is 0 Å². The number of nitrogens with one attached hydrogen (secondary N) is 1. The first-order valence-electron chi connectivity index (χ1n) is 5.84. The number of hydrogen-bond acceptors (Lipinski definition) is 3. The predicted octanol–water partition coefficient (Wildman–Crippen LogP) is 1.77. The Labute approximate surface area is 107 Å². The van der Waals surface area contributed by atoms with Crippen LogP contribution in [-0.2, 0) is 0 Å². The summed E-state index contributed by atoms with van der Waals surface area (Å²) in [4.78, 5) is 10.6. The number of terminal acetylenes is 1. The van der Waals surface area contributed by atoms with E-state index < -0.39 is 5.97 Å². The number of carboxylic acid groups (broad SMARTS) is 1. The first-order chi connectivity index (χ1) is 8.74. The van der Waals surface area contributed by atoms with Gasteiger partial charge >= 0.3 is 5.97 Å². The van der Waals surface area contributed by atoms with E-state index in [9.17, 15) is 4.79 Å². The first kappa shape index (κ1) is 14.1. The van der Waals surface area contributed by atoms with Crippen LogP contribution in [0, 0.1) is 12.3 Å². The zero-order chi connectivity index (χ0) is 13.2. The third-order valence-corrected chi connectivity index (χ3v) is 2.32. The maximum absolute atomic E-state index is 10.6. The van der Waals surface area contributed by atoms with Crippen LogP contribution < -0.4 is 10.1 Å². The minimum atomic E-state index is -0.934. The largest absolute Gasteiger partial charge is 0.492 e. The minimum Gasteiger partial charge on any atom is -0.492 e. The van der Waals surface area contributed by atoms with Gasteiger partial charge in [0.1, 0.15) is 12.4 Å². The normalized spacial score (nSPS) is 9.72. The Hall–Kier alpha value is -1.99. The van der Waals surface area contributed by atoms with Crippen LogP contribution in [0.1, 0.15) is 23.2 Å². The highest BCUT2D eigenvalue weighted by Crippen LogP contribution is 2.11. The molecule has 0 aromatic heterocycles. The molecule has 0 aliphatic carbocycles. The van der Waals surface area contributed by atoms with E-state index in [2.05, 4.69) is 11.2 Å². The fourth-order valence-electron chi connectivity index (χ4n) is 1.38. The van der Waals surface area contributed by atoms with Gasteiger partial charge < -0.3 is 15.2 Å². The molecule has 4 heteroatoms. The van der Waals surface area contributed by atoms with Crippen molar-refractivity contribution in [2.45, 2.75) is 12.8 Å². The van der Waals surface area contributed by atoms with Gasteiger partial charge in [0.05, 0.1) is 5.56 Å². The molecule has 4 nitrogen and oxygen atoms in total. The molecule has 96 valence electrons. The SMILES string of the molecule is C#CCCCNCCOc1ccc(C(=O)O)cc1. The minimum absolute atomic E-state index is 0.259. The Morgan fingerprint density at radius 3 is 2.67 bits per heavy atom. The standard InChI is InChI=1S/C14H17NO3/c1-2-3-4-9-15-10-11-18-13-7-5-12(6-8-13)14(16)17/h1,5-8,15H,3-4,9-11H2,(H,16,17). The number of carboxylic acids is 1. The molecule has 0 aliphatic heterocycles. The molecule has 0 bridgehead atoms. The van der Waals surface area contributed by atoms with Crippen molar-refractivity contribution in [1.29, 1.82) is 0 Å². The van der Waals surface area contributed by atoms with Crippen LogP contribution in [0.25, 0.3) is 0 Å². The van der Waals surface area contributed by atoms with Crippen molar-refractivity contribution in [1.82, 2.24) is 5.32 Å². The second kappa shape index (κ2) is 8.15. The highest BCUT2D eigenvalue weighted by Gasteiger charge is 2.01. The molecule has 1 rings (SSSR count). The molecule has 0 saturated carbocycles. The number of hydrogen-bond donors (Lipinski definition) is 2. The summed E-state index contributed by atoms with van der Waals surface area (Å²) in [6.45, 7) is 2.17. The van der Waals surface area contributed by atoms with Crippen LogP contribution in [-0.4, -0.2) is 30.8 Å². The Morgan fingerprint density at radius 2 is 2.06 bits per heavy atom. The van der Waals surface area contributed by atoms with Gasteiger partial charge in [-0.2, -0.15) is 0 Å². The van der Waals surface area contributed by atoms with E-state index >= 15 is 0 Å². The van der Waals surface area contributed by atoms with E-state index in [4.69, 9.17) is 16.3 Å². The topological polar surface area (TPSA) is 58.6 Å². The number of ether oxygens (including phenoxy) is 1. The van der Waals surface area contributed by atoms with Crippen molar-refractivity contribution in [3.8, 4) is 18.1 Å². The quantitative estimate of drug-likeness (QED) is 0.543. The van der Waals surface area contributed by atoms with Crippen LogP contribution in [0.5, 0.6) is 5.75 Å². The molecule has 18 heavy (non-hydrogen) atoms. The van der Waals surface area contributed by atoms with Crippen LogP contribution in [0.3, 0.4) is 0 Å². The molecule has 0 aliphatic rings. The summed E-state index contributed by atoms with van der Waals surface area (Å²) in [6, 6.07) is 6.36. The van der Waals surface area contributed by atoms with Gasteiger partial charge in [0, 0.05) is 13.0 Å². The Kier molecular flexibility index (Phi) is 6.37. The number of unbranched alkanes of at least 4 members (excludes halogenated alkanes) is 1. The summed E-state index contributed by atoms with van der Waals surface area (Å²) in [5.74, 6) is 2.32. The monoisotopic (exact) mass is 247 g/mol. The fraction of sp³-hybridized carbons (Fsp3) is 0.357. The van der Waals surface area contributed by atoms with Gasteiger partial charge in [0.2, 0.25) is 0 Å². The molecule has 0 fully saturated rings. The molecule has 1 aromatic carbocycles. The molecule has 0 amide bonds. The fourth-order valence-corrected chi connectivity index (χ4v) is 1.38. The zero-order valence-corrected chi connectivity index (χ0v) is 10.2. The smallest absolute Gasteiger partial charge is 0.335 e. The Balaban J connectivity index is 2.16. The molecule has 0 atom stereocenters. The average Bonchev–Trinajstić information content (AvgIpc) is 2.38. The van der Waals surface area contributed by atoms with Gasteiger partial charge in [-0.05, 0) is 37.2 Å². The van der Waals surface area contributed by atoms with E-state index in [1.807, 2.05) is 0 Å². The summed E-state index contributed by atoms with van der Waals surface area (Å²) in [5.41, 5.74) is 0.259. The Bertz CT molecular complexity index is 406. The second-order valence-corrected chi connectivity index (χ2v) is 3.74. The van der Waals surface area contributed by atoms with E-state index in [1.165, 1.54) is 12.1 Å². The maximum atomic E-state index is 10.6. The van der Waals surface area contributed by atoms with Crippen molar-refractivity contribution in [2.75, 3.05) is 19.7 Å². The Morgan fingerprint density at radius 1 is 1.33 bits per heavy atom. The lowest BCUT2D eigenvalue weighted by Gasteiger charge is -2.07. The van der Waals surface area contributed by atoms with Gasteiger partial charge in [0.15, 0.2) is 0 Å². The van der Waals surface area contributed by atoms with E-state index in [-0.39, 0.29) is 5.56 Å². The third kappa shape index (κ3) is 5.37. The first-order valence-corrected chi connectivity index (χ1v) is 5.84. The van der Waals surface area contributed by atoms with E-state index in [1.54, 1.807) is 12.1 Å². The molecule has 2 N–H and O–H groups in total. The van der Waals surface area contributed by atoms with E-state index in [0.29, 0.717) is 12.4 Å². The lowest BCUT2D eigenvalue weighted by atomic mass is 10.2. The zero-order valence-electron chi connectivity index (χ0n) is 10.2. The van der Waals surface area contributed by atoms with Crippen molar-refractivity contribution in [3.05, 3.63) is 29.8 Å². The number of rotatable bonds is 8.